The average molecular weight is 485 g/mol. The summed E-state index contributed by atoms with van der Waals surface area (Å²) in [6.45, 7) is 0. The smallest absolute Gasteiger partial charge is 0.0972 e. The molecule has 38 heavy (non-hydrogen) atoms. The van der Waals surface area contributed by atoms with E-state index in [-0.39, 0.29) is 0 Å². The number of hydrogen-bond donors (Lipinski definition) is 0. The van der Waals surface area contributed by atoms with E-state index in [1.807, 2.05) is 6.07 Å². The number of benzene rings is 5. The Kier molecular flexibility index (Phi) is 5.49. The summed E-state index contributed by atoms with van der Waals surface area (Å²) in [4.78, 5) is 10.3. The van der Waals surface area contributed by atoms with Gasteiger partial charge in [0.2, 0.25) is 0 Å². The molecule has 0 spiro atoms. The number of nitrogens with zero attached hydrogens (tertiary/aromatic N) is 2. The van der Waals surface area contributed by atoms with Gasteiger partial charge >= 0.3 is 0 Å². The highest BCUT2D eigenvalue weighted by atomic mass is 14.8. The predicted octanol–water partition coefficient (Wildman–Crippen LogP) is 9.45. The zero-order valence-corrected chi connectivity index (χ0v) is 20.8. The van der Waals surface area contributed by atoms with Crippen molar-refractivity contribution in [2.75, 3.05) is 0 Å². The van der Waals surface area contributed by atoms with Gasteiger partial charge in [-0.3, -0.25) is 0 Å². The number of fused-ring (bicyclic) bond motifs is 3. The fraction of sp³-hybridized carbons (Fsp3) is 0. The minimum Gasteiger partial charge on any atom is -0.246 e. The molecule has 0 radical (unpaired) electrons. The van der Waals surface area contributed by atoms with E-state index in [4.69, 9.17) is 9.97 Å². The molecule has 0 unspecified atom stereocenters. The molecule has 0 saturated heterocycles. The van der Waals surface area contributed by atoms with Crippen molar-refractivity contribution in [2.45, 2.75) is 0 Å². The van der Waals surface area contributed by atoms with Crippen molar-refractivity contribution in [2.24, 2.45) is 0 Å². The van der Waals surface area contributed by atoms with Crippen LogP contribution in [-0.4, -0.2) is 9.97 Å². The molecule has 2 nitrogen and oxygen atoms in total. The summed E-state index contributed by atoms with van der Waals surface area (Å²) in [6.07, 6.45) is 0. The second-order valence-electron chi connectivity index (χ2n) is 9.46. The molecule has 0 saturated carbocycles. The molecule has 0 bridgehead atoms. The minimum atomic E-state index is 0.871. The maximum absolute atomic E-state index is 5.18. The largest absolute Gasteiger partial charge is 0.246 e. The summed E-state index contributed by atoms with van der Waals surface area (Å²) in [7, 11) is 0. The van der Waals surface area contributed by atoms with Gasteiger partial charge in [0.05, 0.1) is 22.6 Å². The van der Waals surface area contributed by atoms with Crippen molar-refractivity contribution >= 4 is 21.7 Å². The zero-order chi connectivity index (χ0) is 25.3. The molecule has 2 heteroatoms. The van der Waals surface area contributed by atoms with Crippen molar-refractivity contribution < 1.29 is 0 Å². The standard InChI is InChI=1S/C36H24N2/c1-3-12-25(13-4-1)27-22-28(26-14-5-2-6-15-26)24-29(23-27)33-20-11-21-35(37-33)36-32-18-8-7-16-30(32)31-17-9-10-19-34(31)38-36/h1-24H. The zero-order valence-electron chi connectivity index (χ0n) is 20.8. The molecular formula is C36H24N2. The Balaban J connectivity index is 1.42. The number of para-hydroxylation sites is 1. The van der Waals surface area contributed by atoms with E-state index >= 15 is 0 Å². The Hall–Kier alpha value is -5.08. The first-order chi connectivity index (χ1) is 18.8. The lowest BCUT2D eigenvalue weighted by Crippen LogP contribution is -1.94. The summed E-state index contributed by atoms with van der Waals surface area (Å²) in [5.41, 5.74) is 9.47. The van der Waals surface area contributed by atoms with Gasteiger partial charge in [-0.2, -0.15) is 0 Å². The third-order valence-corrected chi connectivity index (χ3v) is 7.04. The van der Waals surface area contributed by atoms with Gasteiger partial charge in [-0.25, -0.2) is 9.97 Å². The first-order valence-corrected chi connectivity index (χ1v) is 12.8. The topological polar surface area (TPSA) is 25.8 Å². The van der Waals surface area contributed by atoms with Crippen LogP contribution in [0.3, 0.4) is 0 Å². The summed E-state index contributed by atoms with van der Waals surface area (Å²) in [5.74, 6) is 0. The van der Waals surface area contributed by atoms with Gasteiger partial charge in [0, 0.05) is 16.3 Å². The number of hydrogen-bond acceptors (Lipinski definition) is 2. The molecule has 0 fully saturated rings. The lowest BCUT2D eigenvalue weighted by molar-refractivity contribution is 1.29. The quantitative estimate of drug-likeness (QED) is 0.233. The van der Waals surface area contributed by atoms with E-state index in [1.54, 1.807) is 0 Å². The van der Waals surface area contributed by atoms with Crippen LogP contribution in [0.5, 0.6) is 0 Å². The third-order valence-electron chi connectivity index (χ3n) is 7.04. The Morgan fingerprint density at radius 1 is 0.316 bits per heavy atom. The molecule has 0 atom stereocenters. The van der Waals surface area contributed by atoms with Crippen molar-refractivity contribution in [3.05, 3.63) is 146 Å². The molecule has 7 rings (SSSR count). The molecule has 178 valence electrons. The SMILES string of the molecule is c1ccc(-c2cc(-c3ccccc3)cc(-c3cccc(-c4nc5ccccc5c5ccccc45)n3)c2)cc1. The van der Waals surface area contributed by atoms with Crippen LogP contribution >= 0.6 is 0 Å². The Morgan fingerprint density at radius 3 is 1.53 bits per heavy atom. The molecular weight excluding hydrogens is 460 g/mol. The average Bonchev–Trinajstić information content (AvgIpc) is 3.01. The van der Waals surface area contributed by atoms with Crippen LogP contribution in [0.1, 0.15) is 0 Å². The number of rotatable bonds is 4. The summed E-state index contributed by atoms with van der Waals surface area (Å²) in [5, 5.41) is 3.46. The normalized spacial score (nSPS) is 11.2. The van der Waals surface area contributed by atoms with Gasteiger partial charge in [-0.15, -0.1) is 0 Å². The van der Waals surface area contributed by atoms with Crippen LogP contribution < -0.4 is 0 Å². The molecule has 5 aromatic carbocycles. The fourth-order valence-corrected chi connectivity index (χ4v) is 5.20. The maximum Gasteiger partial charge on any atom is 0.0972 e. The summed E-state index contributed by atoms with van der Waals surface area (Å²) in [6, 6.07) is 50.8. The molecule has 0 N–H and O–H groups in total. The van der Waals surface area contributed by atoms with Gasteiger partial charge in [-0.1, -0.05) is 109 Å². The highest BCUT2D eigenvalue weighted by molar-refractivity contribution is 6.10. The van der Waals surface area contributed by atoms with E-state index in [1.165, 1.54) is 27.6 Å². The van der Waals surface area contributed by atoms with Crippen molar-refractivity contribution in [3.8, 4) is 44.9 Å². The maximum atomic E-state index is 5.18. The highest BCUT2D eigenvalue weighted by Crippen LogP contribution is 2.35. The van der Waals surface area contributed by atoms with Crippen molar-refractivity contribution in [3.63, 3.8) is 0 Å². The van der Waals surface area contributed by atoms with E-state index in [0.29, 0.717) is 0 Å². The van der Waals surface area contributed by atoms with Crippen LogP contribution in [-0.2, 0) is 0 Å². The highest BCUT2D eigenvalue weighted by Gasteiger charge is 2.13. The van der Waals surface area contributed by atoms with Crippen LogP contribution in [0, 0.1) is 0 Å². The van der Waals surface area contributed by atoms with Gasteiger partial charge < -0.3 is 0 Å². The first-order valence-electron chi connectivity index (χ1n) is 12.8. The van der Waals surface area contributed by atoms with Crippen LogP contribution in [0.4, 0.5) is 0 Å². The van der Waals surface area contributed by atoms with E-state index in [9.17, 15) is 0 Å². The van der Waals surface area contributed by atoms with Crippen LogP contribution in [0.15, 0.2) is 146 Å². The monoisotopic (exact) mass is 484 g/mol. The van der Waals surface area contributed by atoms with Crippen molar-refractivity contribution in [1.29, 1.82) is 0 Å². The third kappa shape index (κ3) is 4.03. The Bertz CT molecular complexity index is 1850. The second-order valence-corrected chi connectivity index (χ2v) is 9.46. The Labute approximate surface area is 221 Å². The lowest BCUT2D eigenvalue weighted by Gasteiger charge is -2.13. The molecule has 7 aromatic rings. The summed E-state index contributed by atoms with van der Waals surface area (Å²) >= 11 is 0. The van der Waals surface area contributed by atoms with Crippen LogP contribution in [0.25, 0.3) is 66.6 Å². The fourth-order valence-electron chi connectivity index (χ4n) is 5.20. The molecule has 0 aliphatic heterocycles. The molecule has 2 heterocycles. The predicted molar refractivity (Wildman–Crippen MR) is 159 cm³/mol. The number of pyridine rings is 2. The van der Waals surface area contributed by atoms with Gasteiger partial charge in [0.25, 0.3) is 0 Å². The van der Waals surface area contributed by atoms with Gasteiger partial charge in [0.15, 0.2) is 0 Å². The van der Waals surface area contributed by atoms with E-state index < -0.39 is 0 Å². The Morgan fingerprint density at radius 2 is 0.842 bits per heavy atom. The lowest BCUT2D eigenvalue weighted by atomic mass is 9.94. The molecule has 0 aliphatic rings. The van der Waals surface area contributed by atoms with Gasteiger partial charge in [-0.05, 0) is 64.0 Å². The van der Waals surface area contributed by atoms with Gasteiger partial charge in [0.1, 0.15) is 0 Å². The van der Waals surface area contributed by atoms with Crippen LogP contribution in [0.2, 0.25) is 0 Å². The molecule has 0 aliphatic carbocycles. The molecule has 0 amide bonds. The minimum absolute atomic E-state index is 0.871. The number of aromatic nitrogens is 2. The second kappa shape index (κ2) is 9.42. The van der Waals surface area contributed by atoms with E-state index in [2.05, 4.69) is 140 Å². The van der Waals surface area contributed by atoms with E-state index in [0.717, 1.165) is 38.9 Å². The molecule has 2 aromatic heterocycles. The summed E-state index contributed by atoms with van der Waals surface area (Å²) < 4.78 is 0. The van der Waals surface area contributed by atoms with Crippen molar-refractivity contribution in [1.82, 2.24) is 9.97 Å². The first kappa shape index (κ1) is 22.1.